The largest absolute Gasteiger partial charge is 0.419 e. The molecule has 0 unspecified atom stereocenters. The summed E-state index contributed by atoms with van der Waals surface area (Å²) in [5, 5.41) is 12.1. The zero-order valence-corrected chi connectivity index (χ0v) is 17.4. The Balaban J connectivity index is 1.72. The average molecular weight is 372 g/mol. The quantitative estimate of drug-likeness (QED) is 0.748. The highest BCUT2D eigenvalue weighted by Crippen LogP contribution is 2.38. The normalized spacial score (nSPS) is 23.3. The minimum Gasteiger partial charge on any atom is -0.419 e. The third-order valence-corrected chi connectivity index (χ3v) is 5.77. The highest BCUT2D eigenvalue weighted by Gasteiger charge is 2.32. The molecule has 1 aliphatic rings. The number of rotatable bonds is 7. The lowest BCUT2D eigenvalue weighted by Crippen LogP contribution is -2.37. The van der Waals surface area contributed by atoms with E-state index in [1.165, 1.54) is 12.0 Å². The van der Waals surface area contributed by atoms with Crippen molar-refractivity contribution in [2.24, 2.45) is 30.7 Å². The smallest absolute Gasteiger partial charge is 0.265 e. The molecule has 148 valence electrons. The number of imidazole rings is 1. The molecule has 0 fully saturated rings. The van der Waals surface area contributed by atoms with Gasteiger partial charge in [0.1, 0.15) is 5.69 Å². The van der Waals surface area contributed by atoms with E-state index in [0.717, 1.165) is 18.7 Å². The summed E-state index contributed by atoms with van der Waals surface area (Å²) in [6, 6.07) is 0.521. The Kier molecular flexibility index (Phi) is 6.15. The minimum atomic E-state index is 0.465. The molecule has 2 aromatic rings. The molecule has 3 atom stereocenters. The van der Waals surface area contributed by atoms with Crippen LogP contribution in [0.5, 0.6) is 0 Å². The van der Waals surface area contributed by atoms with Gasteiger partial charge in [0.2, 0.25) is 5.89 Å². The van der Waals surface area contributed by atoms with Gasteiger partial charge in [-0.25, -0.2) is 4.98 Å². The Labute approximate surface area is 162 Å². The van der Waals surface area contributed by atoms with E-state index < -0.39 is 0 Å². The van der Waals surface area contributed by atoms with Crippen molar-refractivity contribution in [2.45, 2.75) is 53.5 Å². The lowest BCUT2D eigenvalue weighted by atomic mass is 9.70. The molecule has 0 aromatic carbocycles. The first-order chi connectivity index (χ1) is 12.8. The molecular formula is C21H33N5O. The van der Waals surface area contributed by atoms with Crippen molar-refractivity contribution in [2.75, 3.05) is 6.54 Å². The van der Waals surface area contributed by atoms with Gasteiger partial charge in [-0.05, 0) is 37.0 Å². The average Bonchev–Trinajstić information content (AvgIpc) is 3.23. The molecular weight excluding hydrogens is 338 g/mol. The number of hydrogen-bond acceptors (Lipinski definition) is 5. The Morgan fingerprint density at radius 3 is 2.67 bits per heavy atom. The maximum absolute atomic E-state index is 5.94. The summed E-state index contributed by atoms with van der Waals surface area (Å²) < 4.78 is 7.83. The Hall–Kier alpha value is -1.95. The zero-order chi connectivity index (χ0) is 19.6. The Morgan fingerprint density at radius 2 is 2.04 bits per heavy atom. The van der Waals surface area contributed by atoms with E-state index in [9.17, 15) is 0 Å². The standard InChI is InChI=1S/C21H33N5O/c1-13(2)18-8-16(15(5)7-17(18)10-23-14(3)4)9-20-24-25-21(27-20)19-11-22-12-26(19)6/h7,11-14,16-18,23H,8-10H2,1-6H3/t16-,17-,18-/m0/s1. The van der Waals surface area contributed by atoms with Gasteiger partial charge < -0.3 is 14.3 Å². The molecule has 2 heterocycles. The van der Waals surface area contributed by atoms with Gasteiger partial charge in [0, 0.05) is 26.1 Å². The fourth-order valence-corrected chi connectivity index (χ4v) is 4.09. The number of aryl methyl sites for hydroxylation is 1. The number of nitrogens with zero attached hydrogens (tertiary/aromatic N) is 4. The summed E-state index contributed by atoms with van der Waals surface area (Å²) in [7, 11) is 1.93. The summed E-state index contributed by atoms with van der Waals surface area (Å²) in [5.74, 6) is 3.64. The molecule has 6 nitrogen and oxygen atoms in total. The summed E-state index contributed by atoms with van der Waals surface area (Å²) in [4.78, 5) is 4.12. The maximum atomic E-state index is 5.94. The molecule has 0 amide bonds. The summed E-state index contributed by atoms with van der Waals surface area (Å²) in [6.07, 6.45) is 7.96. The SMILES string of the molecule is CC1=C[C@@H](CNC(C)C)[C@H](C(C)C)C[C@H]1Cc1nnc(-c2cncn2C)o1. The number of allylic oxidation sites excluding steroid dienone is 1. The number of nitrogens with one attached hydrogen (secondary N) is 1. The molecule has 1 aliphatic carbocycles. The van der Waals surface area contributed by atoms with Crippen LogP contribution in [0.15, 0.2) is 28.6 Å². The topological polar surface area (TPSA) is 68.8 Å². The molecule has 0 radical (unpaired) electrons. The molecule has 0 spiro atoms. The van der Waals surface area contributed by atoms with Crippen molar-refractivity contribution < 1.29 is 4.42 Å². The number of aromatic nitrogens is 4. The van der Waals surface area contributed by atoms with E-state index in [2.05, 4.69) is 61.2 Å². The van der Waals surface area contributed by atoms with Gasteiger partial charge >= 0.3 is 0 Å². The molecule has 0 saturated carbocycles. The first-order valence-electron chi connectivity index (χ1n) is 10.1. The second-order valence-corrected chi connectivity index (χ2v) is 8.57. The van der Waals surface area contributed by atoms with Crippen LogP contribution in [0.2, 0.25) is 0 Å². The fraction of sp³-hybridized carbons (Fsp3) is 0.667. The maximum Gasteiger partial charge on any atom is 0.265 e. The lowest BCUT2D eigenvalue weighted by Gasteiger charge is -2.37. The third kappa shape index (κ3) is 4.67. The second-order valence-electron chi connectivity index (χ2n) is 8.57. The van der Waals surface area contributed by atoms with E-state index >= 15 is 0 Å². The van der Waals surface area contributed by atoms with Gasteiger partial charge in [0.05, 0.1) is 12.5 Å². The Bertz CT molecular complexity index is 773. The van der Waals surface area contributed by atoms with Crippen molar-refractivity contribution in [3.05, 3.63) is 30.1 Å². The highest BCUT2D eigenvalue weighted by molar-refractivity contribution is 5.44. The van der Waals surface area contributed by atoms with Crippen LogP contribution in [-0.4, -0.2) is 32.3 Å². The van der Waals surface area contributed by atoms with Crippen LogP contribution in [0.4, 0.5) is 0 Å². The van der Waals surface area contributed by atoms with E-state index in [1.807, 2.05) is 11.6 Å². The summed E-state index contributed by atoms with van der Waals surface area (Å²) in [6.45, 7) is 12.4. The van der Waals surface area contributed by atoms with Crippen molar-refractivity contribution >= 4 is 0 Å². The second kappa shape index (κ2) is 8.38. The predicted molar refractivity (Wildman–Crippen MR) is 107 cm³/mol. The molecule has 0 aliphatic heterocycles. The van der Waals surface area contributed by atoms with E-state index in [0.29, 0.717) is 41.5 Å². The molecule has 3 rings (SSSR count). The molecule has 6 heteroatoms. The molecule has 1 N–H and O–H groups in total. The molecule has 0 saturated heterocycles. The lowest BCUT2D eigenvalue weighted by molar-refractivity contribution is 0.216. The van der Waals surface area contributed by atoms with Gasteiger partial charge in [-0.1, -0.05) is 39.3 Å². The first-order valence-corrected chi connectivity index (χ1v) is 10.1. The van der Waals surface area contributed by atoms with E-state index in [-0.39, 0.29) is 0 Å². The van der Waals surface area contributed by atoms with Crippen LogP contribution >= 0.6 is 0 Å². The van der Waals surface area contributed by atoms with E-state index in [1.54, 1.807) is 12.5 Å². The van der Waals surface area contributed by atoms with Crippen molar-refractivity contribution in [1.82, 2.24) is 25.1 Å². The van der Waals surface area contributed by atoms with Crippen LogP contribution in [0.1, 0.15) is 46.9 Å². The van der Waals surface area contributed by atoms with Crippen LogP contribution in [0.25, 0.3) is 11.6 Å². The first kappa shape index (κ1) is 19.8. The third-order valence-electron chi connectivity index (χ3n) is 5.77. The molecule has 2 aromatic heterocycles. The van der Waals surface area contributed by atoms with Crippen LogP contribution in [-0.2, 0) is 13.5 Å². The van der Waals surface area contributed by atoms with Crippen LogP contribution < -0.4 is 5.32 Å². The van der Waals surface area contributed by atoms with Gasteiger partial charge in [-0.15, -0.1) is 10.2 Å². The number of hydrogen-bond donors (Lipinski definition) is 1. The minimum absolute atomic E-state index is 0.465. The Morgan fingerprint density at radius 1 is 1.26 bits per heavy atom. The van der Waals surface area contributed by atoms with Gasteiger partial charge in [0.25, 0.3) is 5.89 Å². The van der Waals surface area contributed by atoms with Gasteiger partial charge in [0.15, 0.2) is 0 Å². The monoisotopic (exact) mass is 371 g/mol. The summed E-state index contributed by atoms with van der Waals surface area (Å²) >= 11 is 0. The summed E-state index contributed by atoms with van der Waals surface area (Å²) in [5.41, 5.74) is 2.30. The van der Waals surface area contributed by atoms with E-state index in [4.69, 9.17) is 4.42 Å². The van der Waals surface area contributed by atoms with Crippen LogP contribution in [0, 0.1) is 23.7 Å². The molecule has 0 bridgehead atoms. The van der Waals surface area contributed by atoms with Crippen molar-refractivity contribution in [3.63, 3.8) is 0 Å². The van der Waals surface area contributed by atoms with Gasteiger partial charge in [-0.3, -0.25) is 0 Å². The van der Waals surface area contributed by atoms with Gasteiger partial charge in [-0.2, -0.15) is 0 Å². The van der Waals surface area contributed by atoms with Crippen LogP contribution in [0.3, 0.4) is 0 Å². The molecule has 27 heavy (non-hydrogen) atoms. The fourth-order valence-electron chi connectivity index (χ4n) is 4.09. The highest BCUT2D eigenvalue weighted by atomic mass is 16.4. The van der Waals surface area contributed by atoms with Crippen molar-refractivity contribution in [1.29, 1.82) is 0 Å². The van der Waals surface area contributed by atoms with Crippen molar-refractivity contribution in [3.8, 4) is 11.6 Å². The zero-order valence-electron chi connectivity index (χ0n) is 17.4. The predicted octanol–water partition coefficient (Wildman–Crippen LogP) is 3.87.